The zero-order chi connectivity index (χ0) is 15.6. The van der Waals surface area contributed by atoms with Crippen molar-refractivity contribution in [1.82, 2.24) is 5.32 Å². The van der Waals surface area contributed by atoms with Crippen LogP contribution in [-0.2, 0) is 14.3 Å². The average Bonchev–Trinajstić information content (AvgIpc) is 2.88. The van der Waals surface area contributed by atoms with E-state index in [1.807, 2.05) is 0 Å². The number of amides is 1. The van der Waals surface area contributed by atoms with Crippen molar-refractivity contribution in [3.8, 4) is 0 Å². The summed E-state index contributed by atoms with van der Waals surface area (Å²) in [5.41, 5.74) is -2.10. The zero-order valence-corrected chi connectivity index (χ0v) is 12.2. The molecule has 0 aliphatic heterocycles. The molecule has 1 saturated carbocycles. The van der Waals surface area contributed by atoms with Crippen molar-refractivity contribution in [3.05, 3.63) is 0 Å². The van der Waals surface area contributed by atoms with E-state index < -0.39 is 42.0 Å². The molecule has 0 bridgehead atoms. The molecule has 0 aromatic carbocycles. The summed E-state index contributed by atoms with van der Waals surface area (Å²) in [7, 11) is 0. The Morgan fingerprint density at radius 1 is 1.40 bits per heavy atom. The van der Waals surface area contributed by atoms with Crippen LogP contribution in [0.4, 0.5) is 13.6 Å². The van der Waals surface area contributed by atoms with E-state index in [-0.39, 0.29) is 13.0 Å². The predicted molar refractivity (Wildman–Crippen MR) is 67.5 cm³/mol. The minimum absolute atomic E-state index is 0.123. The van der Waals surface area contributed by atoms with E-state index >= 15 is 0 Å². The SMILES string of the molecule is CCOC(=O)[C@@]1(NC(=O)OC(C)(C)C)C[C@H]1CC(F)F. The lowest BCUT2D eigenvalue weighted by Crippen LogP contribution is -2.48. The average molecular weight is 293 g/mol. The third-order valence-electron chi connectivity index (χ3n) is 2.93. The maximum absolute atomic E-state index is 12.4. The Kier molecular flexibility index (Phi) is 4.94. The molecule has 1 aliphatic carbocycles. The molecule has 20 heavy (non-hydrogen) atoms. The van der Waals surface area contributed by atoms with Crippen molar-refractivity contribution in [2.24, 2.45) is 5.92 Å². The normalized spacial score (nSPS) is 25.2. The van der Waals surface area contributed by atoms with Gasteiger partial charge in [-0.25, -0.2) is 18.4 Å². The molecule has 0 spiro atoms. The smallest absolute Gasteiger partial charge is 0.408 e. The highest BCUT2D eigenvalue weighted by molar-refractivity contribution is 5.89. The Morgan fingerprint density at radius 2 is 2.00 bits per heavy atom. The number of carbonyl (C=O) groups is 2. The Bertz CT molecular complexity index is 381. The standard InChI is InChI=1S/C13H21F2NO4/c1-5-19-10(17)13(7-8(13)6-9(14)15)16-11(18)20-12(2,3)4/h8-9H,5-7H2,1-4H3,(H,16,18)/t8-,13-/m1/s1. The van der Waals surface area contributed by atoms with E-state index in [1.165, 1.54) is 0 Å². The third kappa shape index (κ3) is 4.31. The maximum atomic E-state index is 12.4. The van der Waals surface area contributed by atoms with E-state index in [0.29, 0.717) is 0 Å². The highest BCUT2D eigenvalue weighted by atomic mass is 19.3. The van der Waals surface area contributed by atoms with E-state index in [4.69, 9.17) is 9.47 Å². The molecule has 0 heterocycles. The lowest BCUT2D eigenvalue weighted by atomic mass is 10.1. The topological polar surface area (TPSA) is 64.6 Å². The highest BCUT2D eigenvalue weighted by Crippen LogP contribution is 2.48. The molecular weight excluding hydrogens is 272 g/mol. The third-order valence-corrected chi connectivity index (χ3v) is 2.93. The monoisotopic (exact) mass is 293 g/mol. The van der Waals surface area contributed by atoms with Crippen molar-refractivity contribution >= 4 is 12.1 Å². The first-order chi connectivity index (χ1) is 9.10. The fourth-order valence-electron chi connectivity index (χ4n) is 2.03. The molecule has 1 fully saturated rings. The van der Waals surface area contributed by atoms with Gasteiger partial charge < -0.3 is 14.8 Å². The second kappa shape index (κ2) is 5.93. The molecule has 0 aromatic heterocycles. The molecule has 1 amide bonds. The minimum Gasteiger partial charge on any atom is -0.464 e. The predicted octanol–water partition coefficient (Wildman–Crippen LogP) is 2.49. The van der Waals surface area contributed by atoms with Crippen molar-refractivity contribution in [2.45, 2.75) is 58.1 Å². The molecule has 1 rings (SSSR count). The molecule has 1 N–H and O–H groups in total. The first-order valence-electron chi connectivity index (χ1n) is 6.57. The molecule has 0 radical (unpaired) electrons. The van der Waals surface area contributed by atoms with Crippen LogP contribution in [-0.4, -0.2) is 36.2 Å². The number of ether oxygens (including phenoxy) is 2. The number of hydrogen-bond acceptors (Lipinski definition) is 4. The van der Waals surface area contributed by atoms with Crippen LogP contribution in [0.2, 0.25) is 0 Å². The molecule has 2 atom stereocenters. The number of carbonyl (C=O) groups excluding carboxylic acids is 2. The zero-order valence-electron chi connectivity index (χ0n) is 12.2. The van der Waals surface area contributed by atoms with Crippen molar-refractivity contribution in [3.63, 3.8) is 0 Å². The van der Waals surface area contributed by atoms with E-state index in [2.05, 4.69) is 5.32 Å². The molecule has 1 aliphatic rings. The van der Waals surface area contributed by atoms with Crippen molar-refractivity contribution < 1.29 is 27.8 Å². The van der Waals surface area contributed by atoms with Crippen LogP contribution in [0.1, 0.15) is 40.5 Å². The summed E-state index contributed by atoms with van der Waals surface area (Å²) in [6, 6.07) is 0. The van der Waals surface area contributed by atoms with Gasteiger partial charge in [0.25, 0.3) is 0 Å². The molecule has 7 heteroatoms. The van der Waals surface area contributed by atoms with Gasteiger partial charge in [-0.1, -0.05) is 0 Å². The van der Waals surface area contributed by atoms with E-state index in [0.717, 1.165) is 0 Å². The van der Waals surface area contributed by atoms with Gasteiger partial charge in [0.05, 0.1) is 6.61 Å². The van der Waals surface area contributed by atoms with Gasteiger partial charge in [0.1, 0.15) is 11.1 Å². The highest BCUT2D eigenvalue weighted by Gasteiger charge is 2.63. The lowest BCUT2D eigenvalue weighted by Gasteiger charge is -2.23. The number of esters is 1. The summed E-state index contributed by atoms with van der Waals surface area (Å²) in [5.74, 6) is -1.30. The maximum Gasteiger partial charge on any atom is 0.408 e. The van der Waals surface area contributed by atoms with Crippen molar-refractivity contribution in [2.75, 3.05) is 6.61 Å². The van der Waals surface area contributed by atoms with Crippen molar-refractivity contribution in [1.29, 1.82) is 0 Å². The largest absolute Gasteiger partial charge is 0.464 e. The van der Waals surface area contributed by atoms with Crippen LogP contribution in [0, 0.1) is 5.92 Å². The molecule has 5 nitrogen and oxygen atoms in total. The first-order valence-corrected chi connectivity index (χ1v) is 6.57. The quantitative estimate of drug-likeness (QED) is 0.791. The number of hydrogen-bond donors (Lipinski definition) is 1. The fourth-order valence-corrected chi connectivity index (χ4v) is 2.03. The van der Waals surface area contributed by atoms with Gasteiger partial charge >= 0.3 is 12.1 Å². The summed E-state index contributed by atoms with van der Waals surface area (Å²) in [4.78, 5) is 23.6. The van der Waals surface area contributed by atoms with Gasteiger partial charge in [-0.2, -0.15) is 0 Å². The van der Waals surface area contributed by atoms with E-state index in [9.17, 15) is 18.4 Å². The van der Waals surface area contributed by atoms with Gasteiger partial charge in [0, 0.05) is 12.3 Å². The summed E-state index contributed by atoms with van der Waals surface area (Å²) in [6.07, 6.45) is -3.64. The van der Waals surface area contributed by atoms with Crippen LogP contribution >= 0.6 is 0 Å². The number of rotatable bonds is 5. The van der Waals surface area contributed by atoms with Crippen LogP contribution in [0.15, 0.2) is 0 Å². The first kappa shape index (κ1) is 16.7. The van der Waals surface area contributed by atoms with E-state index in [1.54, 1.807) is 27.7 Å². The second-order valence-electron chi connectivity index (χ2n) is 5.85. The Morgan fingerprint density at radius 3 is 2.45 bits per heavy atom. The second-order valence-corrected chi connectivity index (χ2v) is 5.85. The number of halogens is 2. The lowest BCUT2D eigenvalue weighted by molar-refractivity contribution is -0.147. The fraction of sp³-hybridized carbons (Fsp3) is 0.846. The summed E-state index contributed by atoms with van der Waals surface area (Å²) in [6.45, 7) is 6.76. The van der Waals surface area contributed by atoms with Crippen LogP contribution in [0.5, 0.6) is 0 Å². The number of alkyl halides is 2. The summed E-state index contributed by atoms with van der Waals surface area (Å²) in [5, 5.41) is 2.39. The number of nitrogens with one attached hydrogen (secondary N) is 1. The van der Waals surface area contributed by atoms with Gasteiger partial charge in [-0.05, 0) is 34.1 Å². The molecule has 0 unspecified atom stereocenters. The van der Waals surface area contributed by atoms with Gasteiger partial charge in [0.15, 0.2) is 0 Å². The van der Waals surface area contributed by atoms with Crippen LogP contribution < -0.4 is 5.32 Å². The van der Waals surface area contributed by atoms with Gasteiger partial charge in [-0.3, -0.25) is 0 Å². The summed E-state index contributed by atoms with van der Waals surface area (Å²) >= 11 is 0. The molecule has 0 aromatic rings. The summed E-state index contributed by atoms with van der Waals surface area (Å²) < 4.78 is 34.8. The van der Waals surface area contributed by atoms with Gasteiger partial charge in [-0.15, -0.1) is 0 Å². The molecule has 0 saturated heterocycles. The number of alkyl carbamates (subject to hydrolysis) is 1. The van der Waals surface area contributed by atoms with Crippen LogP contribution in [0.3, 0.4) is 0 Å². The van der Waals surface area contributed by atoms with Crippen LogP contribution in [0.25, 0.3) is 0 Å². The molecular formula is C13H21F2NO4. The molecule has 116 valence electrons. The Hall–Kier alpha value is -1.40. The Labute approximate surface area is 117 Å². The van der Waals surface area contributed by atoms with Gasteiger partial charge in [0.2, 0.25) is 6.43 Å². The Balaban J connectivity index is 2.71. The minimum atomic E-state index is -2.53.